The molecule has 144 valence electrons. The van der Waals surface area contributed by atoms with Crippen LogP contribution in [0.25, 0.3) is 0 Å². The maximum absolute atomic E-state index is 13.2. The van der Waals surface area contributed by atoms with Crippen LogP contribution in [0.3, 0.4) is 0 Å². The van der Waals surface area contributed by atoms with Crippen LogP contribution >= 0.6 is 35.3 Å². The Balaban J connectivity index is 0.00000338. The second-order valence-electron chi connectivity index (χ2n) is 5.94. The molecule has 2 aromatic rings. The lowest BCUT2D eigenvalue weighted by Gasteiger charge is -2.21. The molecule has 0 saturated carbocycles. The smallest absolute Gasteiger partial charge is 0.191 e. The van der Waals surface area contributed by atoms with Gasteiger partial charge in [0.2, 0.25) is 0 Å². The summed E-state index contributed by atoms with van der Waals surface area (Å²) in [5.74, 6) is -0.611. The molecule has 4 nitrogen and oxygen atoms in total. The predicted molar refractivity (Wildman–Crippen MR) is 113 cm³/mol. The predicted octanol–water partition coefficient (Wildman–Crippen LogP) is 3.65. The first-order valence-electron chi connectivity index (χ1n) is 8.13. The minimum atomic E-state index is -1.05. The van der Waals surface area contributed by atoms with Crippen molar-refractivity contribution in [2.45, 2.75) is 25.9 Å². The third-order valence-corrected chi connectivity index (χ3v) is 4.34. The van der Waals surface area contributed by atoms with Crippen LogP contribution in [0.1, 0.15) is 25.0 Å². The van der Waals surface area contributed by atoms with E-state index in [9.17, 15) is 13.9 Å². The first kappa shape index (κ1) is 22.8. The Morgan fingerprint density at radius 1 is 1.23 bits per heavy atom. The molecule has 0 spiro atoms. The molecule has 0 aliphatic rings. The van der Waals surface area contributed by atoms with E-state index in [1.165, 1.54) is 23.5 Å². The maximum atomic E-state index is 13.2. The summed E-state index contributed by atoms with van der Waals surface area (Å²) in [4.78, 5) is 4.41. The van der Waals surface area contributed by atoms with E-state index >= 15 is 0 Å². The fourth-order valence-electron chi connectivity index (χ4n) is 2.32. The standard InChI is InChI=1S/C18H23F2N3OS.HI/c1-3-21-17(23-12-18(2,24)14-5-7-25-11-14)22-6-4-13-8-15(19)10-16(20)9-13;/h5,7-11,24H,3-4,6,12H2,1-2H3,(H2,21,22,23);1H. The SMILES string of the molecule is CCNC(=NCC(C)(O)c1ccsc1)NCCc1cc(F)cc(F)c1.I. The lowest BCUT2D eigenvalue weighted by molar-refractivity contribution is 0.0677. The van der Waals surface area contributed by atoms with Gasteiger partial charge in [-0.15, -0.1) is 24.0 Å². The maximum Gasteiger partial charge on any atom is 0.191 e. The molecule has 0 amide bonds. The summed E-state index contributed by atoms with van der Waals surface area (Å²) in [5, 5.41) is 20.5. The molecule has 0 aliphatic carbocycles. The van der Waals surface area contributed by atoms with Gasteiger partial charge in [0.25, 0.3) is 0 Å². The molecule has 26 heavy (non-hydrogen) atoms. The van der Waals surface area contributed by atoms with E-state index in [0.29, 0.717) is 31.0 Å². The van der Waals surface area contributed by atoms with Gasteiger partial charge in [-0.1, -0.05) is 0 Å². The van der Waals surface area contributed by atoms with E-state index in [1.54, 1.807) is 6.92 Å². The average molecular weight is 495 g/mol. The molecule has 2 rings (SSSR count). The van der Waals surface area contributed by atoms with Crippen molar-refractivity contribution in [1.82, 2.24) is 10.6 Å². The van der Waals surface area contributed by atoms with Gasteiger partial charge in [-0.2, -0.15) is 11.3 Å². The summed E-state index contributed by atoms with van der Waals surface area (Å²) in [7, 11) is 0. The lowest BCUT2D eigenvalue weighted by atomic mass is 10.00. The first-order valence-corrected chi connectivity index (χ1v) is 9.07. The first-order chi connectivity index (χ1) is 11.9. The van der Waals surface area contributed by atoms with Crippen molar-refractivity contribution in [2.75, 3.05) is 19.6 Å². The number of hydrogen-bond donors (Lipinski definition) is 3. The van der Waals surface area contributed by atoms with Gasteiger partial charge in [0.05, 0.1) is 6.54 Å². The Kier molecular flexibility index (Phi) is 9.45. The summed E-state index contributed by atoms with van der Waals surface area (Å²) in [6.07, 6.45) is 0.458. The van der Waals surface area contributed by atoms with Gasteiger partial charge in [-0.25, -0.2) is 13.8 Å². The van der Waals surface area contributed by atoms with E-state index in [4.69, 9.17) is 0 Å². The van der Waals surface area contributed by atoms with E-state index in [1.807, 2.05) is 23.8 Å². The second-order valence-corrected chi connectivity index (χ2v) is 6.72. The van der Waals surface area contributed by atoms with E-state index in [0.717, 1.165) is 11.6 Å². The highest BCUT2D eigenvalue weighted by molar-refractivity contribution is 14.0. The van der Waals surface area contributed by atoms with Gasteiger partial charge < -0.3 is 15.7 Å². The molecule has 3 N–H and O–H groups in total. The number of nitrogens with one attached hydrogen (secondary N) is 2. The quantitative estimate of drug-likeness (QED) is 0.313. The highest BCUT2D eigenvalue weighted by Crippen LogP contribution is 2.23. The molecule has 0 fully saturated rings. The van der Waals surface area contributed by atoms with E-state index < -0.39 is 17.2 Å². The van der Waals surface area contributed by atoms with Crippen molar-refractivity contribution in [2.24, 2.45) is 4.99 Å². The van der Waals surface area contributed by atoms with Crippen molar-refractivity contribution in [3.05, 3.63) is 57.8 Å². The minimum absolute atomic E-state index is 0. The molecule has 1 unspecified atom stereocenters. The van der Waals surface area contributed by atoms with Gasteiger partial charge in [0, 0.05) is 19.2 Å². The van der Waals surface area contributed by atoms with Gasteiger partial charge in [-0.05, 0) is 60.4 Å². The molecule has 0 radical (unpaired) electrons. The summed E-state index contributed by atoms with van der Waals surface area (Å²) in [6, 6.07) is 5.36. The topological polar surface area (TPSA) is 56.7 Å². The van der Waals surface area contributed by atoms with Crippen molar-refractivity contribution in [1.29, 1.82) is 0 Å². The van der Waals surface area contributed by atoms with Crippen molar-refractivity contribution in [3.63, 3.8) is 0 Å². The van der Waals surface area contributed by atoms with Crippen molar-refractivity contribution < 1.29 is 13.9 Å². The van der Waals surface area contributed by atoms with Crippen molar-refractivity contribution in [3.8, 4) is 0 Å². The van der Waals surface area contributed by atoms with Gasteiger partial charge in [0.15, 0.2) is 5.96 Å². The monoisotopic (exact) mass is 495 g/mol. The number of thiophene rings is 1. The fourth-order valence-corrected chi connectivity index (χ4v) is 3.10. The van der Waals surface area contributed by atoms with Crippen LogP contribution in [0, 0.1) is 11.6 Å². The normalized spacial score (nSPS) is 13.7. The Morgan fingerprint density at radius 2 is 1.92 bits per heavy atom. The van der Waals surface area contributed by atoms with E-state index in [2.05, 4.69) is 15.6 Å². The molecule has 1 heterocycles. The average Bonchev–Trinajstić information content (AvgIpc) is 3.07. The zero-order valence-corrected chi connectivity index (χ0v) is 17.9. The van der Waals surface area contributed by atoms with Gasteiger partial charge >= 0.3 is 0 Å². The molecule has 1 aromatic carbocycles. The summed E-state index contributed by atoms with van der Waals surface area (Å²) < 4.78 is 26.4. The summed E-state index contributed by atoms with van der Waals surface area (Å²) >= 11 is 1.52. The van der Waals surface area contributed by atoms with Gasteiger partial charge in [-0.3, -0.25) is 0 Å². The van der Waals surface area contributed by atoms with Crippen LogP contribution in [0.2, 0.25) is 0 Å². The molecular weight excluding hydrogens is 471 g/mol. The molecule has 0 aliphatic heterocycles. The number of rotatable bonds is 7. The molecule has 8 heteroatoms. The zero-order valence-electron chi connectivity index (χ0n) is 14.8. The van der Waals surface area contributed by atoms with Crippen LogP contribution in [0.15, 0.2) is 40.0 Å². The van der Waals surface area contributed by atoms with E-state index in [-0.39, 0.29) is 30.5 Å². The van der Waals surface area contributed by atoms with Gasteiger partial charge in [0.1, 0.15) is 17.2 Å². The Labute approximate surface area is 173 Å². The summed E-state index contributed by atoms with van der Waals surface area (Å²) in [5.41, 5.74) is 0.354. The lowest BCUT2D eigenvalue weighted by Crippen LogP contribution is -2.39. The highest BCUT2D eigenvalue weighted by atomic mass is 127. The molecule has 1 aromatic heterocycles. The number of benzene rings is 1. The number of aliphatic hydroxyl groups is 1. The minimum Gasteiger partial charge on any atom is -0.383 e. The zero-order chi connectivity index (χ0) is 18.3. The van der Waals surface area contributed by atoms with Crippen LogP contribution in [-0.2, 0) is 12.0 Å². The Hall–Kier alpha value is -1.26. The highest BCUT2D eigenvalue weighted by Gasteiger charge is 2.23. The number of nitrogens with zero attached hydrogens (tertiary/aromatic N) is 1. The third kappa shape index (κ3) is 7.16. The Bertz CT molecular complexity index is 688. The van der Waals surface area contributed by atoms with Crippen LogP contribution in [-0.4, -0.2) is 30.7 Å². The largest absolute Gasteiger partial charge is 0.383 e. The Morgan fingerprint density at radius 3 is 2.50 bits per heavy atom. The molecule has 0 bridgehead atoms. The van der Waals surface area contributed by atoms with Crippen LogP contribution in [0.4, 0.5) is 8.78 Å². The molecular formula is C18H24F2IN3OS. The number of guanidine groups is 1. The number of aliphatic imine (C=N–C) groups is 1. The fraction of sp³-hybridized carbons (Fsp3) is 0.389. The van der Waals surface area contributed by atoms with Crippen LogP contribution < -0.4 is 10.6 Å². The van der Waals surface area contributed by atoms with Crippen LogP contribution in [0.5, 0.6) is 0 Å². The number of halogens is 3. The number of hydrogen-bond acceptors (Lipinski definition) is 3. The second kappa shape index (κ2) is 10.8. The summed E-state index contributed by atoms with van der Waals surface area (Å²) in [6.45, 7) is 5.00. The molecule has 0 saturated heterocycles. The van der Waals surface area contributed by atoms with Crippen molar-refractivity contribution >= 4 is 41.3 Å². The third-order valence-electron chi connectivity index (χ3n) is 3.66. The molecule has 1 atom stereocenters.